The summed E-state index contributed by atoms with van der Waals surface area (Å²) in [5.41, 5.74) is 3.47. The van der Waals surface area contributed by atoms with Crippen LogP contribution in [0.15, 0.2) is 52.4 Å². The Morgan fingerprint density at radius 1 is 1.20 bits per heavy atom. The fourth-order valence-corrected chi connectivity index (χ4v) is 2.91. The van der Waals surface area contributed by atoms with Gasteiger partial charge in [0.2, 0.25) is 0 Å². The highest BCUT2D eigenvalue weighted by molar-refractivity contribution is 6.31. The maximum Gasteiger partial charge on any atom is 0.292 e. The normalized spacial score (nSPS) is 10.8. The fraction of sp³-hybridized carbons (Fsp3) is 0.0952. The van der Waals surface area contributed by atoms with E-state index >= 15 is 0 Å². The number of amides is 1. The molecule has 150 valence electrons. The van der Waals surface area contributed by atoms with E-state index in [1.165, 1.54) is 13.1 Å². The molecule has 3 aromatic rings. The molecule has 0 bridgehead atoms. The molecule has 0 fully saturated rings. The van der Waals surface area contributed by atoms with E-state index in [1.54, 1.807) is 42.5 Å². The van der Waals surface area contributed by atoms with Crippen LogP contribution >= 0.6 is 23.2 Å². The molecule has 7 nitrogen and oxygen atoms in total. The third-order valence-corrected chi connectivity index (χ3v) is 4.97. The van der Waals surface area contributed by atoms with Crippen LogP contribution in [0, 0.1) is 25.2 Å². The number of hydrogen-bond acceptors (Lipinski definition) is 5. The average Bonchev–Trinajstić information content (AvgIpc) is 2.72. The highest BCUT2D eigenvalue weighted by Gasteiger charge is 2.20. The maximum atomic E-state index is 12.7. The summed E-state index contributed by atoms with van der Waals surface area (Å²) in [6, 6.07) is 13.6. The molecule has 30 heavy (non-hydrogen) atoms. The first-order valence-corrected chi connectivity index (χ1v) is 9.47. The molecule has 0 saturated heterocycles. The number of benzene rings is 2. The summed E-state index contributed by atoms with van der Waals surface area (Å²) in [5, 5.41) is 18.5. The molecule has 9 heteroatoms. The van der Waals surface area contributed by atoms with Gasteiger partial charge < -0.3 is 0 Å². The number of nitriles is 1. The van der Waals surface area contributed by atoms with Crippen LogP contribution in [0.2, 0.25) is 10.0 Å². The topological polar surface area (TPSA) is 100 Å². The van der Waals surface area contributed by atoms with Crippen LogP contribution in [0.3, 0.4) is 0 Å². The Kier molecular flexibility index (Phi) is 6.31. The van der Waals surface area contributed by atoms with Gasteiger partial charge in [0.05, 0.1) is 11.9 Å². The maximum absolute atomic E-state index is 12.7. The van der Waals surface area contributed by atoms with Crippen LogP contribution in [0.4, 0.5) is 0 Å². The van der Waals surface area contributed by atoms with Crippen molar-refractivity contribution in [3.63, 3.8) is 0 Å². The Hall–Kier alpha value is -3.47. The van der Waals surface area contributed by atoms with Crippen molar-refractivity contribution in [2.45, 2.75) is 13.8 Å². The Morgan fingerprint density at radius 2 is 1.90 bits per heavy atom. The lowest BCUT2D eigenvalue weighted by atomic mass is 10.1. The molecule has 3 rings (SSSR count). The third-order valence-electron chi connectivity index (χ3n) is 4.31. The number of carbonyl (C=O) groups excluding carboxylic acids is 1. The summed E-state index contributed by atoms with van der Waals surface area (Å²) in [7, 11) is 0. The first-order valence-electron chi connectivity index (χ1n) is 8.71. The van der Waals surface area contributed by atoms with Gasteiger partial charge >= 0.3 is 0 Å². The molecule has 1 N–H and O–H groups in total. The molecule has 0 saturated carbocycles. The number of halogens is 2. The van der Waals surface area contributed by atoms with Crippen molar-refractivity contribution >= 4 is 35.3 Å². The van der Waals surface area contributed by atoms with Crippen LogP contribution in [-0.2, 0) is 0 Å². The van der Waals surface area contributed by atoms with Gasteiger partial charge in [-0.05, 0) is 49.2 Å². The molecule has 1 amide bonds. The van der Waals surface area contributed by atoms with E-state index in [2.05, 4.69) is 15.6 Å². The van der Waals surface area contributed by atoms with Crippen molar-refractivity contribution in [3.05, 3.63) is 90.8 Å². The summed E-state index contributed by atoms with van der Waals surface area (Å²) in [6.45, 7) is 3.30. The van der Waals surface area contributed by atoms with Gasteiger partial charge in [0.1, 0.15) is 11.6 Å². The van der Waals surface area contributed by atoms with Crippen LogP contribution in [0.1, 0.15) is 32.7 Å². The van der Waals surface area contributed by atoms with Crippen molar-refractivity contribution in [1.29, 1.82) is 5.26 Å². The summed E-state index contributed by atoms with van der Waals surface area (Å²) in [4.78, 5) is 25.3. The molecular formula is C21H15Cl2N5O2. The molecule has 0 radical (unpaired) electrons. The van der Waals surface area contributed by atoms with Crippen LogP contribution < -0.4 is 11.0 Å². The van der Waals surface area contributed by atoms with Crippen molar-refractivity contribution < 1.29 is 4.79 Å². The molecule has 0 spiro atoms. The fourth-order valence-electron chi connectivity index (χ4n) is 2.61. The Morgan fingerprint density at radius 3 is 2.53 bits per heavy atom. The first kappa shape index (κ1) is 21.2. The molecule has 0 unspecified atom stereocenters. The van der Waals surface area contributed by atoms with E-state index in [4.69, 9.17) is 23.2 Å². The number of aryl methyl sites for hydroxylation is 1. The Balaban J connectivity index is 1.98. The molecule has 0 aliphatic heterocycles. The predicted octanol–water partition coefficient (Wildman–Crippen LogP) is 3.79. The van der Waals surface area contributed by atoms with Crippen LogP contribution in [0.25, 0.3) is 5.69 Å². The van der Waals surface area contributed by atoms with Crippen molar-refractivity contribution in [1.82, 2.24) is 15.2 Å². The van der Waals surface area contributed by atoms with Gasteiger partial charge in [-0.3, -0.25) is 9.59 Å². The monoisotopic (exact) mass is 439 g/mol. The van der Waals surface area contributed by atoms with E-state index < -0.39 is 11.5 Å². The molecular weight excluding hydrogens is 425 g/mol. The minimum atomic E-state index is -0.666. The summed E-state index contributed by atoms with van der Waals surface area (Å²) >= 11 is 12.0. The molecule has 0 atom stereocenters. The number of hydrazone groups is 1. The van der Waals surface area contributed by atoms with E-state index in [9.17, 15) is 14.9 Å². The second kappa shape index (κ2) is 8.91. The van der Waals surface area contributed by atoms with Crippen LogP contribution in [0.5, 0.6) is 0 Å². The smallest absolute Gasteiger partial charge is 0.266 e. The molecule has 1 heterocycles. The Bertz CT molecular complexity index is 1260. The van der Waals surface area contributed by atoms with Gasteiger partial charge in [-0.2, -0.15) is 20.1 Å². The molecule has 1 aromatic heterocycles. The zero-order chi connectivity index (χ0) is 21.8. The van der Waals surface area contributed by atoms with E-state index in [-0.39, 0.29) is 16.8 Å². The number of carbonyl (C=O) groups is 1. The zero-order valence-electron chi connectivity index (χ0n) is 16.0. The van der Waals surface area contributed by atoms with Crippen molar-refractivity contribution in [2.75, 3.05) is 0 Å². The average molecular weight is 440 g/mol. The summed E-state index contributed by atoms with van der Waals surface area (Å²) in [5.74, 6) is -0.666. The SMILES string of the molecule is Cc1ccc(-n2nc(C(=O)N/N=C/c3ccc(Cl)cc3)c(C)c(C#N)c2=O)cc1Cl. The van der Waals surface area contributed by atoms with Gasteiger partial charge in [0.25, 0.3) is 11.5 Å². The summed E-state index contributed by atoms with van der Waals surface area (Å²) in [6.07, 6.45) is 1.44. The lowest BCUT2D eigenvalue weighted by Gasteiger charge is -2.11. The zero-order valence-corrected chi connectivity index (χ0v) is 17.5. The van der Waals surface area contributed by atoms with Gasteiger partial charge in [0.15, 0.2) is 5.69 Å². The third kappa shape index (κ3) is 4.40. The first-order chi connectivity index (χ1) is 14.3. The van der Waals surface area contributed by atoms with E-state index in [0.29, 0.717) is 15.7 Å². The quantitative estimate of drug-likeness (QED) is 0.493. The highest BCUT2D eigenvalue weighted by Crippen LogP contribution is 2.19. The van der Waals surface area contributed by atoms with Gasteiger partial charge in [-0.15, -0.1) is 0 Å². The lowest BCUT2D eigenvalue weighted by molar-refractivity contribution is 0.0947. The minimum Gasteiger partial charge on any atom is -0.266 e. The van der Waals surface area contributed by atoms with Gasteiger partial charge in [0, 0.05) is 15.6 Å². The van der Waals surface area contributed by atoms with Crippen molar-refractivity contribution in [2.24, 2.45) is 5.10 Å². The number of aromatic nitrogens is 2. The highest BCUT2D eigenvalue weighted by atomic mass is 35.5. The van der Waals surface area contributed by atoms with Crippen LogP contribution in [-0.4, -0.2) is 21.9 Å². The Labute approximate surface area is 182 Å². The van der Waals surface area contributed by atoms with Crippen molar-refractivity contribution in [3.8, 4) is 11.8 Å². The lowest BCUT2D eigenvalue weighted by Crippen LogP contribution is -2.31. The molecule has 0 aliphatic rings. The summed E-state index contributed by atoms with van der Waals surface area (Å²) < 4.78 is 0.981. The number of nitrogens with zero attached hydrogens (tertiary/aromatic N) is 4. The number of hydrogen-bond donors (Lipinski definition) is 1. The van der Waals surface area contributed by atoms with Gasteiger partial charge in [-0.25, -0.2) is 5.43 Å². The second-order valence-corrected chi connectivity index (χ2v) is 7.21. The predicted molar refractivity (Wildman–Crippen MR) is 116 cm³/mol. The molecule has 2 aromatic carbocycles. The number of rotatable bonds is 4. The van der Waals surface area contributed by atoms with E-state index in [1.807, 2.05) is 13.0 Å². The molecule has 0 aliphatic carbocycles. The second-order valence-electron chi connectivity index (χ2n) is 6.36. The largest absolute Gasteiger partial charge is 0.292 e. The van der Waals surface area contributed by atoms with Gasteiger partial charge in [-0.1, -0.05) is 41.4 Å². The standard InChI is InChI=1S/C21H15Cl2N5O2/c1-12-3-8-16(9-18(12)23)28-21(30)17(10-24)13(2)19(27-28)20(29)26-25-11-14-4-6-15(22)7-5-14/h3-9,11H,1-2H3,(H,26,29)/b25-11+. The number of nitrogens with one attached hydrogen (secondary N) is 1. The van der Waals surface area contributed by atoms with E-state index in [0.717, 1.165) is 15.8 Å². The minimum absolute atomic E-state index is 0.101.